The van der Waals surface area contributed by atoms with Gasteiger partial charge < -0.3 is 61.5 Å². The van der Waals surface area contributed by atoms with E-state index in [-0.39, 0.29) is 56.0 Å². The van der Waals surface area contributed by atoms with Crippen LogP contribution in [0.3, 0.4) is 0 Å². The molecule has 0 bridgehead atoms. The van der Waals surface area contributed by atoms with Gasteiger partial charge in [0.15, 0.2) is 0 Å². The molecule has 0 saturated heterocycles. The molecule has 0 saturated carbocycles. The van der Waals surface area contributed by atoms with E-state index in [1.165, 1.54) is 0 Å². The van der Waals surface area contributed by atoms with Crippen molar-refractivity contribution in [3.8, 4) is 0 Å². The number of carbonyl (C=O) groups is 4. The molecule has 0 aliphatic heterocycles. The van der Waals surface area contributed by atoms with Gasteiger partial charge in [0.2, 0.25) is 0 Å². The Balaban J connectivity index is -0.00000001000. The summed E-state index contributed by atoms with van der Waals surface area (Å²) in [4.78, 5) is 35.6. The van der Waals surface area contributed by atoms with Crippen molar-refractivity contribution >= 4 is 23.9 Å². The molecule has 0 aliphatic rings. The summed E-state index contributed by atoms with van der Waals surface area (Å²) in [6.45, 7) is 3.89. The van der Waals surface area contributed by atoms with Gasteiger partial charge in [-0.2, -0.15) is 0 Å². The number of hydrogen-bond donors (Lipinski definition) is 0. The van der Waals surface area contributed by atoms with E-state index in [0.29, 0.717) is 0 Å². The Morgan fingerprint density at radius 2 is 0.455 bits per heavy atom. The molecule has 0 unspecified atom stereocenters. The van der Waals surface area contributed by atoms with Gasteiger partial charge in [-0.05, 0) is 27.7 Å². The van der Waals surface area contributed by atoms with E-state index >= 15 is 0 Å². The summed E-state index contributed by atoms with van der Waals surface area (Å²) >= 11 is 0. The van der Waals surface area contributed by atoms with Gasteiger partial charge in [0, 0.05) is 23.9 Å². The average molecular weight is 418 g/mol. The Morgan fingerprint density at radius 1 is 0.455 bits per heavy atom. The van der Waals surface area contributed by atoms with E-state index in [1.54, 1.807) is 0 Å². The van der Waals surface area contributed by atoms with Crippen molar-refractivity contribution < 1.29 is 95.6 Å². The third-order valence-corrected chi connectivity index (χ3v) is 0. The zero-order valence-electron chi connectivity index (χ0n) is 12.0. The van der Waals surface area contributed by atoms with Gasteiger partial charge in [0.25, 0.3) is 0 Å². The summed E-state index contributed by atoms with van der Waals surface area (Å²) in [7, 11) is 0. The van der Waals surface area contributed by atoms with E-state index in [9.17, 15) is 0 Å². The first-order valence-corrected chi connectivity index (χ1v) is 3.63. The van der Waals surface area contributed by atoms with Gasteiger partial charge in [-0.25, -0.2) is 0 Å². The molecule has 0 aromatic rings. The second-order valence-corrected chi connectivity index (χ2v) is 1.97. The van der Waals surface area contributed by atoms with Crippen LogP contribution >= 0.6 is 0 Å². The Hall–Kier alpha value is -1.24. The minimum atomic E-state index is -1.08. The first-order chi connectivity index (χ1) is 6.93. The van der Waals surface area contributed by atoms with Crippen LogP contribution in [-0.2, 0) is 53.3 Å². The number of carbonyl (C=O) groups excluding carboxylic acids is 4. The van der Waals surface area contributed by atoms with E-state index in [1.807, 2.05) is 0 Å². The fourth-order valence-electron chi connectivity index (χ4n) is 0. The molecule has 0 aliphatic carbocycles. The van der Waals surface area contributed by atoms with Crippen molar-refractivity contribution in [3.05, 3.63) is 0 Å². The third kappa shape index (κ3) is 3840. The van der Waals surface area contributed by atoms with Crippen LogP contribution in [0.2, 0.25) is 0 Å². The normalized spacial score (nSPS) is 4.55. The largest absolute Gasteiger partial charge is 2.00 e. The minimum Gasteiger partial charge on any atom is -0.550 e. The summed E-state index contributed by atoms with van der Waals surface area (Å²) in [5.41, 5.74) is 0. The first kappa shape index (κ1) is 70.0. The molecule has 0 amide bonds. The number of aliphatic carboxylic acids is 4. The molecular weight excluding hydrogens is 398 g/mol. The van der Waals surface area contributed by atoms with Crippen molar-refractivity contribution in [2.45, 2.75) is 27.7 Å². The second kappa shape index (κ2) is 60.1. The average Bonchev–Trinajstić information content (AvgIpc) is 1.76. The maximum absolute atomic E-state index is 8.89. The summed E-state index contributed by atoms with van der Waals surface area (Å²) in [6.07, 6.45) is 0. The number of carboxylic acid groups (broad SMARTS) is 4. The summed E-state index contributed by atoms with van der Waals surface area (Å²) in [5, 5.41) is 35.6. The third-order valence-electron chi connectivity index (χ3n) is 0. The summed E-state index contributed by atoms with van der Waals surface area (Å²) in [5.74, 6) is -4.33. The topological polar surface area (TPSA) is 287 Å². The molecule has 0 aromatic carbocycles. The molecular formula is C8H20Mn2O12. The van der Waals surface area contributed by atoms with Crippen molar-refractivity contribution in [2.75, 3.05) is 0 Å². The Bertz CT molecular complexity index is 169. The number of carboxylic acids is 4. The fraction of sp³-hybridized carbons (Fsp3) is 0.500. The molecule has 0 atom stereocenters. The zero-order chi connectivity index (χ0) is 14.3. The van der Waals surface area contributed by atoms with Gasteiger partial charge in [0.05, 0.1) is 0 Å². The quantitative estimate of drug-likeness (QED) is 0.339. The molecule has 138 valence electrons. The smallest absolute Gasteiger partial charge is 0.550 e. The SMILES string of the molecule is CC(=O)[O-].CC(=O)[O-].CC(=O)[O-].CC(=O)[O-].O.O.O.O.[Mn+2].[Mn+2]. The molecule has 0 heterocycles. The van der Waals surface area contributed by atoms with Crippen LogP contribution in [0, 0.1) is 0 Å². The van der Waals surface area contributed by atoms with Gasteiger partial charge in [-0.3, -0.25) is 0 Å². The maximum Gasteiger partial charge on any atom is 2.00 e. The molecule has 0 rings (SSSR count). The van der Waals surface area contributed by atoms with Gasteiger partial charge in [-0.15, -0.1) is 0 Å². The summed E-state index contributed by atoms with van der Waals surface area (Å²) in [6, 6.07) is 0. The monoisotopic (exact) mass is 418 g/mol. The number of hydrogen-bond acceptors (Lipinski definition) is 8. The van der Waals surface area contributed by atoms with Crippen LogP contribution < -0.4 is 20.4 Å². The molecule has 14 heteroatoms. The minimum absolute atomic E-state index is 0. The number of rotatable bonds is 0. The van der Waals surface area contributed by atoms with Crippen LogP contribution in [0.1, 0.15) is 27.7 Å². The van der Waals surface area contributed by atoms with Crippen molar-refractivity contribution in [1.29, 1.82) is 0 Å². The standard InChI is InChI=1S/4C2H4O2.2Mn.4H2O/c4*1-2(3)4;;;;;;/h4*1H3,(H,3,4);;;4*1H2/q;;;;2*+2;;;;/p-4. The van der Waals surface area contributed by atoms with Crippen molar-refractivity contribution in [1.82, 2.24) is 0 Å². The van der Waals surface area contributed by atoms with Crippen LogP contribution in [0.25, 0.3) is 0 Å². The van der Waals surface area contributed by atoms with E-state index in [2.05, 4.69) is 0 Å². The fourth-order valence-corrected chi connectivity index (χ4v) is 0. The first-order valence-electron chi connectivity index (χ1n) is 3.63. The van der Waals surface area contributed by atoms with Crippen molar-refractivity contribution in [2.24, 2.45) is 0 Å². The van der Waals surface area contributed by atoms with Gasteiger partial charge in [-0.1, -0.05) is 0 Å². The Morgan fingerprint density at radius 3 is 0.455 bits per heavy atom. The molecule has 2 radical (unpaired) electrons. The Labute approximate surface area is 147 Å². The van der Waals surface area contributed by atoms with Crippen LogP contribution in [0.4, 0.5) is 0 Å². The van der Waals surface area contributed by atoms with Gasteiger partial charge in [0.1, 0.15) is 0 Å². The van der Waals surface area contributed by atoms with Gasteiger partial charge >= 0.3 is 34.1 Å². The van der Waals surface area contributed by atoms with Crippen molar-refractivity contribution in [3.63, 3.8) is 0 Å². The summed E-state index contributed by atoms with van der Waals surface area (Å²) < 4.78 is 0. The molecule has 0 fully saturated rings. The van der Waals surface area contributed by atoms with Crippen LogP contribution in [0.5, 0.6) is 0 Å². The molecule has 22 heavy (non-hydrogen) atoms. The van der Waals surface area contributed by atoms with E-state index in [0.717, 1.165) is 27.7 Å². The molecule has 0 aromatic heterocycles. The zero-order valence-corrected chi connectivity index (χ0v) is 14.4. The predicted octanol–water partition coefficient (Wildman–Crippen LogP) is -8.28. The molecule has 0 spiro atoms. The van der Waals surface area contributed by atoms with E-state index in [4.69, 9.17) is 39.6 Å². The van der Waals surface area contributed by atoms with Crippen LogP contribution in [-0.4, -0.2) is 45.8 Å². The molecule has 12 nitrogen and oxygen atoms in total. The maximum atomic E-state index is 8.89. The second-order valence-electron chi connectivity index (χ2n) is 1.97. The van der Waals surface area contributed by atoms with E-state index < -0.39 is 23.9 Å². The van der Waals surface area contributed by atoms with Crippen LogP contribution in [0.15, 0.2) is 0 Å². The molecule has 8 N–H and O–H groups in total. The predicted molar refractivity (Wildman–Crippen MR) is 57.2 cm³/mol. The Kier molecular flexibility index (Phi) is 191.